The molecule has 1 heterocycles. The fourth-order valence-electron chi connectivity index (χ4n) is 4.09. The van der Waals surface area contributed by atoms with E-state index in [4.69, 9.17) is 4.74 Å². The molecule has 1 aromatic carbocycles. The number of allylic oxidation sites excluding steroid dienone is 2. The van der Waals surface area contributed by atoms with Gasteiger partial charge in [0.25, 0.3) is 0 Å². The molecule has 0 saturated heterocycles. The number of nitrogens with one attached hydrogen (secondary N) is 1. The molecule has 4 nitrogen and oxygen atoms in total. The molecule has 0 radical (unpaired) electrons. The molecule has 5 heteroatoms. The van der Waals surface area contributed by atoms with Crippen LogP contribution in [0, 0.1) is 17.2 Å². The first-order valence-corrected chi connectivity index (χ1v) is 9.27. The minimum Gasteiger partial charge on any atom is -0.462 e. The molecule has 0 bridgehead atoms. The third-order valence-electron chi connectivity index (χ3n) is 5.06. The van der Waals surface area contributed by atoms with Crippen molar-refractivity contribution in [2.45, 2.75) is 52.6 Å². The Morgan fingerprint density at radius 1 is 1.33 bits per heavy atom. The molecular weight excluding hydrogens is 345 g/mol. The van der Waals surface area contributed by atoms with Gasteiger partial charge in [-0.3, -0.25) is 9.59 Å². The number of halogens is 1. The van der Waals surface area contributed by atoms with Crippen LogP contribution in [0.4, 0.5) is 4.39 Å². The van der Waals surface area contributed by atoms with Crippen LogP contribution < -0.4 is 5.32 Å². The van der Waals surface area contributed by atoms with E-state index in [0.29, 0.717) is 29.7 Å². The van der Waals surface area contributed by atoms with Gasteiger partial charge in [-0.25, -0.2) is 4.39 Å². The third-order valence-corrected chi connectivity index (χ3v) is 5.06. The highest BCUT2D eigenvalue weighted by atomic mass is 19.1. The Hall–Kier alpha value is -2.43. The van der Waals surface area contributed by atoms with Crippen LogP contribution in [0.1, 0.15) is 52.0 Å². The van der Waals surface area contributed by atoms with Crippen molar-refractivity contribution in [3.8, 4) is 0 Å². The van der Waals surface area contributed by atoms with Crippen LogP contribution in [0.15, 0.2) is 47.8 Å². The van der Waals surface area contributed by atoms with E-state index < -0.39 is 23.6 Å². The van der Waals surface area contributed by atoms with Gasteiger partial charge in [-0.15, -0.1) is 0 Å². The lowest BCUT2D eigenvalue weighted by molar-refractivity contribution is -0.151. The largest absolute Gasteiger partial charge is 0.462 e. The zero-order chi connectivity index (χ0) is 19.9. The van der Waals surface area contributed by atoms with Crippen molar-refractivity contribution in [1.82, 2.24) is 5.32 Å². The third kappa shape index (κ3) is 3.82. The smallest absolute Gasteiger partial charge is 0.316 e. The summed E-state index contributed by atoms with van der Waals surface area (Å²) in [7, 11) is 0. The van der Waals surface area contributed by atoms with E-state index in [0.717, 1.165) is 5.70 Å². The van der Waals surface area contributed by atoms with E-state index in [1.54, 1.807) is 26.0 Å². The van der Waals surface area contributed by atoms with E-state index in [2.05, 4.69) is 11.9 Å². The Kier molecular flexibility index (Phi) is 4.98. The molecule has 2 aliphatic rings. The lowest BCUT2D eigenvalue weighted by Crippen LogP contribution is -2.44. The van der Waals surface area contributed by atoms with Gasteiger partial charge in [-0.1, -0.05) is 32.6 Å². The normalized spacial score (nSPS) is 24.5. The number of rotatable bonds is 3. The Morgan fingerprint density at radius 3 is 2.67 bits per heavy atom. The molecular formula is C22H26FNO3. The van der Waals surface area contributed by atoms with E-state index in [1.165, 1.54) is 12.1 Å². The molecule has 3 rings (SSSR count). The fourth-order valence-corrected chi connectivity index (χ4v) is 4.09. The number of hydrogen-bond acceptors (Lipinski definition) is 4. The molecule has 0 saturated carbocycles. The van der Waals surface area contributed by atoms with Gasteiger partial charge in [-0.2, -0.15) is 0 Å². The zero-order valence-electron chi connectivity index (χ0n) is 16.3. The highest BCUT2D eigenvalue weighted by Gasteiger charge is 2.46. The number of benzene rings is 1. The quantitative estimate of drug-likeness (QED) is 0.808. The number of esters is 1. The topological polar surface area (TPSA) is 55.4 Å². The summed E-state index contributed by atoms with van der Waals surface area (Å²) in [5.41, 5.74) is 2.23. The summed E-state index contributed by atoms with van der Waals surface area (Å²) >= 11 is 0. The van der Waals surface area contributed by atoms with Crippen LogP contribution in [0.5, 0.6) is 0 Å². The summed E-state index contributed by atoms with van der Waals surface area (Å²) in [6.45, 7) is 11.7. The van der Waals surface area contributed by atoms with E-state index in [1.807, 2.05) is 13.8 Å². The SMILES string of the molecule is C=C1NC2=C(C(=O)CC(C)(C)C2)C(c2cccc(F)c2)C1C(=O)OC(C)C. The maximum atomic E-state index is 13.9. The molecule has 144 valence electrons. The predicted octanol–water partition coefficient (Wildman–Crippen LogP) is 4.24. The second kappa shape index (κ2) is 6.95. The fraction of sp³-hybridized carbons (Fsp3) is 0.455. The van der Waals surface area contributed by atoms with Crippen molar-refractivity contribution in [2.24, 2.45) is 11.3 Å². The number of carbonyl (C=O) groups is 2. The van der Waals surface area contributed by atoms with Crippen LogP contribution in [0.3, 0.4) is 0 Å². The summed E-state index contributed by atoms with van der Waals surface area (Å²) in [6, 6.07) is 6.08. The Balaban J connectivity index is 2.16. The summed E-state index contributed by atoms with van der Waals surface area (Å²) in [5.74, 6) is -2.26. The first-order chi connectivity index (χ1) is 12.6. The molecule has 1 aromatic rings. The molecule has 2 atom stereocenters. The molecule has 0 amide bonds. The van der Waals surface area contributed by atoms with Crippen molar-refractivity contribution in [3.63, 3.8) is 0 Å². The van der Waals surface area contributed by atoms with Crippen molar-refractivity contribution in [1.29, 1.82) is 0 Å². The summed E-state index contributed by atoms with van der Waals surface area (Å²) in [6.07, 6.45) is 0.762. The van der Waals surface area contributed by atoms with E-state index in [9.17, 15) is 14.0 Å². The summed E-state index contributed by atoms with van der Waals surface area (Å²) < 4.78 is 19.4. The Bertz CT molecular complexity index is 838. The van der Waals surface area contributed by atoms with Crippen molar-refractivity contribution in [2.75, 3.05) is 0 Å². The number of hydrogen-bond donors (Lipinski definition) is 1. The summed E-state index contributed by atoms with van der Waals surface area (Å²) in [4.78, 5) is 25.9. The highest BCUT2D eigenvalue weighted by molar-refractivity contribution is 6.00. The second-order valence-corrected chi connectivity index (χ2v) is 8.48. The van der Waals surface area contributed by atoms with Gasteiger partial charge in [0.15, 0.2) is 5.78 Å². The molecule has 1 aliphatic heterocycles. The van der Waals surface area contributed by atoms with Crippen LogP contribution in [-0.4, -0.2) is 17.9 Å². The predicted molar refractivity (Wildman–Crippen MR) is 101 cm³/mol. The number of Topliss-reactive ketones (excluding diaryl/α,β-unsaturated/α-hetero) is 1. The maximum absolute atomic E-state index is 13.9. The van der Waals surface area contributed by atoms with Gasteiger partial charge >= 0.3 is 5.97 Å². The van der Waals surface area contributed by atoms with Crippen LogP contribution in [0.2, 0.25) is 0 Å². The van der Waals surface area contributed by atoms with Gasteiger partial charge in [0.05, 0.1) is 6.10 Å². The molecule has 2 unspecified atom stereocenters. The molecule has 27 heavy (non-hydrogen) atoms. The average molecular weight is 371 g/mol. The number of carbonyl (C=O) groups excluding carboxylic acids is 2. The Morgan fingerprint density at radius 2 is 2.04 bits per heavy atom. The van der Waals surface area contributed by atoms with Gasteiger partial charge in [0, 0.05) is 29.3 Å². The maximum Gasteiger partial charge on any atom is 0.316 e. The van der Waals surface area contributed by atoms with Crippen LogP contribution in [-0.2, 0) is 14.3 Å². The first-order valence-electron chi connectivity index (χ1n) is 9.27. The zero-order valence-corrected chi connectivity index (χ0v) is 16.3. The minimum absolute atomic E-state index is 0.0159. The van der Waals surface area contributed by atoms with Gasteiger partial charge in [0.2, 0.25) is 0 Å². The Labute approximate surface area is 159 Å². The minimum atomic E-state index is -0.780. The number of ketones is 1. The van der Waals surface area contributed by atoms with Crippen LogP contribution >= 0.6 is 0 Å². The van der Waals surface area contributed by atoms with Crippen LogP contribution in [0.25, 0.3) is 0 Å². The van der Waals surface area contributed by atoms with E-state index in [-0.39, 0.29) is 17.3 Å². The molecule has 1 N–H and O–H groups in total. The average Bonchev–Trinajstić information content (AvgIpc) is 2.51. The van der Waals surface area contributed by atoms with Gasteiger partial charge in [0.1, 0.15) is 11.7 Å². The molecule has 0 spiro atoms. The standard InChI is InChI=1S/C22H26FNO3/c1-12(2)27-21(26)18-13(3)24-16-10-22(4,5)11-17(25)20(16)19(18)14-7-6-8-15(23)9-14/h6-9,12,18-19,24H,3,10-11H2,1-2,4-5H3. The number of ether oxygens (including phenoxy) is 1. The lowest BCUT2D eigenvalue weighted by Gasteiger charge is -2.42. The molecule has 1 aliphatic carbocycles. The highest BCUT2D eigenvalue weighted by Crippen LogP contribution is 2.48. The van der Waals surface area contributed by atoms with Gasteiger partial charge in [-0.05, 0) is 43.4 Å². The monoisotopic (exact) mass is 371 g/mol. The van der Waals surface area contributed by atoms with E-state index >= 15 is 0 Å². The first kappa shape index (κ1) is 19.3. The van der Waals surface area contributed by atoms with Crippen molar-refractivity contribution < 1.29 is 18.7 Å². The molecule has 0 fully saturated rings. The van der Waals surface area contributed by atoms with Crippen molar-refractivity contribution >= 4 is 11.8 Å². The molecule has 0 aromatic heterocycles. The summed E-state index contributed by atoms with van der Waals surface area (Å²) in [5, 5.41) is 3.19. The lowest BCUT2D eigenvalue weighted by atomic mass is 9.66. The second-order valence-electron chi connectivity index (χ2n) is 8.48. The van der Waals surface area contributed by atoms with Crippen molar-refractivity contribution in [3.05, 3.63) is 59.2 Å². The van der Waals surface area contributed by atoms with Gasteiger partial charge < -0.3 is 10.1 Å².